The van der Waals surface area contributed by atoms with E-state index < -0.39 is 27.1 Å². The molecule has 0 spiro atoms. The van der Waals surface area contributed by atoms with E-state index in [1.807, 2.05) is 26.8 Å². The fourth-order valence-corrected chi connectivity index (χ4v) is 5.48. The van der Waals surface area contributed by atoms with Crippen LogP contribution in [-0.4, -0.2) is 36.4 Å². The minimum absolute atomic E-state index is 0.0168. The largest absolute Gasteiger partial charge is 0.480 e. The van der Waals surface area contributed by atoms with Crippen molar-refractivity contribution in [2.45, 2.75) is 117 Å². The number of ether oxygens (including phenoxy) is 1. The van der Waals surface area contributed by atoms with Crippen LogP contribution < -0.4 is 10.1 Å². The molecule has 37 heavy (non-hydrogen) atoms. The first-order chi connectivity index (χ1) is 17.2. The highest BCUT2D eigenvalue weighted by Crippen LogP contribution is 2.39. The molecule has 1 aromatic carbocycles. The standard InChI is InChI=1S/C28H45N3O5S/c1-10-14-19(5)18-37(33,34)26-31-30-25(36-26)29-24(32)22(11-2)35-23-16-15-20(27(6,7)12-3)17-21(23)28(8,9)13-4/h15-17,19,22H,10-14,18H2,1-9H3,(H,29,30,32). The Labute approximate surface area is 222 Å². The number of aromatic nitrogens is 2. The Kier molecular flexibility index (Phi) is 10.3. The van der Waals surface area contributed by atoms with Crippen LogP contribution in [0.25, 0.3) is 0 Å². The topological polar surface area (TPSA) is 111 Å². The molecule has 0 aliphatic rings. The molecule has 2 unspecified atom stereocenters. The highest BCUT2D eigenvalue weighted by atomic mass is 32.2. The summed E-state index contributed by atoms with van der Waals surface area (Å²) < 4.78 is 36.7. The van der Waals surface area contributed by atoms with Gasteiger partial charge >= 0.3 is 11.2 Å². The van der Waals surface area contributed by atoms with E-state index in [0.29, 0.717) is 12.2 Å². The van der Waals surface area contributed by atoms with Gasteiger partial charge < -0.3 is 9.15 Å². The van der Waals surface area contributed by atoms with Crippen molar-refractivity contribution < 1.29 is 22.4 Å². The van der Waals surface area contributed by atoms with E-state index in [1.54, 1.807) is 0 Å². The van der Waals surface area contributed by atoms with Gasteiger partial charge in [0.2, 0.25) is 9.84 Å². The molecule has 0 fully saturated rings. The van der Waals surface area contributed by atoms with Gasteiger partial charge in [0.25, 0.3) is 5.91 Å². The first-order valence-electron chi connectivity index (χ1n) is 13.4. The van der Waals surface area contributed by atoms with E-state index in [0.717, 1.165) is 31.2 Å². The summed E-state index contributed by atoms with van der Waals surface area (Å²) in [5.74, 6) is 0.0577. The summed E-state index contributed by atoms with van der Waals surface area (Å²) in [6, 6.07) is 5.95. The summed E-state index contributed by atoms with van der Waals surface area (Å²) in [6.07, 6.45) is 3.13. The lowest BCUT2D eigenvalue weighted by Crippen LogP contribution is -2.33. The molecule has 0 aliphatic heterocycles. The zero-order valence-electron chi connectivity index (χ0n) is 24.0. The monoisotopic (exact) mass is 535 g/mol. The Morgan fingerprint density at radius 1 is 1.05 bits per heavy atom. The number of hydrogen-bond donors (Lipinski definition) is 1. The Morgan fingerprint density at radius 2 is 1.70 bits per heavy atom. The van der Waals surface area contributed by atoms with Gasteiger partial charge in [-0.1, -0.05) is 91.1 Å². The number of benzene rings is 1. The van der Waals surface area contributed by atoms with Gasteiger partial charge in [-0.15, -0.1) is 0 Å². The molecule has 0 saturated carbocycles. The third-order valence-corrected chi connectivity index (χ3v) is 9.08. The number of carbonyl (C=O) groups excluding carboxylic acids is 1. The van der Waals surface area contributed by atoms with Crippen molar-refractivity contribution in [1.82, 2.24) is 10.2 Å². The molecule has 2 aromatic rings. The average molecular weight is 536 g/mol. The average Bonchev–Trinajstić information content (AvgIpc) is 3.31. The van der Waals surface area contributed by atoms with Crippen LogP contribution in [0.3, 0.4) is 0 Å². The Hall–Kier alpha value is -2.42. The lowest BCUT2D eigenvalue weighted by atomic mass is 9.76. The summed E-state index contributed by atoms with van der Waals surface area (Å²) >= 11 is 0. The van der Waals surface area contributed by atoms with E-state index >= 15 is 0 Å². The summed E-state index contributed by atoms with van der Waals surface area (Å²) in [4.78, 5) is 13.1. The molecule has 2 atom stereocenters. The maximum Gasteiger partial charge on any atom is 0.336 e. The van der Waals surface area contributed by atoms with Crippen molar-refractivity contribution in [2.75, 3.05) is 11.1 Å². The fraction of sp³-hybridized carbons (Fsp3) is 0.679. The maximum atomic E-state index is 13.1. The van der Waals surface area contributed by atoms with Crippen LogP contribution in [0.2, 0.25) is 0 Å². The zero-order chi connectivity index (χ0) is 28.0. The van der Waals surface area contributed by atoms with Crippen molar-refractivity contribution in [3.05, 3.63) is 29.3 Å². The van der Waals surface area contributed by atoms with E-state index in [-0.39, 0.29) is 28.5 Å². The smallest absolute Gasteiger partial charge is 0.336 e. The fourth-order valence-electron chi connectivity index (χ4n) is 4.05. The number of sulfone groups is 1. The van der Waals surface area contributed by atoms with E-state index in [4.69, 9.17) is 9.15 Å². The van der Waals surface area contributed by atoms with E-state index in [2.05, 4.69) is 69.2 Å². The third-order valence-electron chi connectivity index (χ3n) is 7.38. The van der Waals surface area contributed by atoms with Gasteiger partial charge in [0.1, 0.15) is 5.75 Å². The molecule has 0 saturated heterocycles. The van der Waals surface area contributed by atoms with Crippen LogP contribution in [-0.2, 0) is 25.5 Å². The first-order valence-corrected chi connectivity index (χ1v) is 15.0. The Morgan fingerprint density at radius 3 is 2.27 bits per heavy atom. The second-order valence-corrected chi connectivity index (χ2v) is 13.2. The van der Waals surface area contributed by atoms with E-state index in [1.165, 1.54) is 5.56 Å². The minimum Gasteiger partial charge on any atom is -0.480 e. The van der Waals surface area contributed by atoms with Crippen molar-refractivity contribution in [1.29, 1.82) is 0 Å². The molecule has 1 aromatic heterocycles. The predicted molar refractivity (Wildman–Crippen MR) is 147 cm³/mol. The summed E-state index contributed by atoms with van der Waals surface area (Å²) in [5, 5.41) is 9.44. The van der Waals surface area contributed by atoms with Gasteiger partial charge in [-0.05, 0) is 54.1 Å². The van der Waals surface area contributed by atoms with Gasteiger partial charge in [-0.3, -0.25) is 10.1 Å². The highest BCUT2D eigenvalue weighted by molar-refractivity contribution is 7.91. The molecule has 2 rings (SSSR count). The third kappa shape index (κ3) is 7.79. The number of amides is 1. The first kappa shape index (κ1) is 30.8. The lowest BCUT2D eigenvalue weighted by Gasteiger charge is -2.31. The van der Waals surface area contributed by atoms with Crippen LogP contribution in [0.1, 0.15) is 106 Å². The molecule has 0 bridgehead atoms. The molecule has 1 heterocycles. The number of carbonyl (C=O) groups is 1. The molecular formula is C28H45N3O5S. The number of nitrogens with zero attached hydrogens (tertiary/aromatic N) is 2. The predicted octanol–water partition coefficient (Wildman–Crippen LogP) is 6.45. The minimum atomic E-state index is -3.74. The summed E-state index contributed by atoms with van der Waals surface area (Å²) in [6.45, 7) is 18.8. The molecular weight excluding hydrogens is 490 g/mol. The second-order valence-electron chi connectivity index (χ2n) is 11.2. The second kappa shape index (κ2) is 12.4. The quantitative estimate of drug-likeness (QED) is 0.296. The van der Waals surface area contributed by atoms with Gasteiger partial charge in [0.05, 0.1) is 5.75 Å². The number of nitrogens with one attached hydrogen (secondary N) is 1. The van der Waals surface area contributed by atoms with Crippen LogP contribution >= 0.6 is 0 Å². The SMILES string of the molecule is CCCC(C)CS(=O)(=O)c1nnc(NC(=O)C(CC)Oc2ccc(C(C)(C)CC)cc2C(C)(C)CC)o1. The van der Waals surface area contributed by atoms with Crippen molar-refractivity contribution in [2.24, 2.45) is 5.92 Å². The number of rotatable bonds is 14. The van der Waals surface area contributed by atoms with E-state index in [9.17, 15) is 13.2 Å². The molecule has 208 valence electrons. The van der Waals surface area contributed by atoms with Crippen molar-refractivity contribution >= 4 is 21.8 Å². The van der Waals surface area contributed by atoms with Gasteiger partial charge in [0.15, 0.2) is 6.10 Å². The van der Waals surface area contributed by atoms with Gasteiger partial charge in [-0.25, -0.2) is 8.42 Å². The summed E-state index contributed by atoms with van der Waals surface area (Å²) in [7, 11) is -3.74. The van der Waals surface area contributed by atoms with Crippen LogP contribution in [0.15, 0.2) is 27.8 Å². The lowest BCUT2D eigenvalue weighted by molar-refractivity contribution is -0.123. The molecule has 1 amide bonds. The highest BCUT2D eigenvalue weighted by Gasteiger charge is 2.30. The zero-order valence-corrected chi connectivity index (χ0v) is 24.8. The molecule has 8 nitrogen and oxygen atoms in total. The van der Waals surface area contributed by atoms with Crippen molar-refractivity contribution in [3.8, 4) is 5.75 Å². The number of hydrogen-bond acceptors (Lipinski definition) is 7. The van der Waals surface area contributed by atoms with Crippen LogP contribution in [0.5, 0.6) is 5.75 Å². The molecule has 9 heteroatoms. The normalized spacial score (nSPS) is 14.3. The van der Waals surface area contributed by atoms with Crippen LogP contribution in [0, 0.1) is 5.92 Å². The Bertz CT molecular complexity index is 1150. The van der Waals surface area contributed by atoms with Gasteiger partial charge in [0, 0.05) is 5.56 Å². The molecule has 0 radical (unpaired) electrons. The molecule has 1 N–H and O–H groups in total. The Balaban J connectivity index is 2.26. The van der Waals surface area contributed by atoms with Crippen molar-refractivity contribution in [3.63, 3.8) is 0 Å². The molecule has 0 aliphatic carbocycles. The summed E-state index contributed by atoms with van der Waals surface area (Å²) in [5.41, 5.74) is 2.13. The number of anilines is 1. The van der Waals surface area contributed by atoms with Gasteiger partial charge in [-0.2, -0.15) is 0 Å². The maximum absolute atomic E-state index is 13.1. The van der Waals surface area contributed by atoms with Crippen LogP contribution in [0.4, 0.5) is 6.01 Å².